The lowest BCUT2D eigenvalue weighted by Gasteiger charge is -2.07. The van der Waals surface area contributed by atoms with Gasteiger partial charge in [-0.15, -0.1) is 0 Å². The first kappa shape index (κ1) is 13.8. The minimum Gasteiger partial charge on any atom is -0.361 e. The third-order valence-corrected chi connectivity index (χ3v) is 4.13. The molecule has 2 aromatic heterocycles. The highest BCUT2D eigenvalue weighted by Crippen LogP contribution is 2.23. The average Bonchev–Trinajstić information content (AvgIpc) is 3.24. The van der Waals surface area contributed by atoms with Gasteiger partial charge in [0.1, 0.15) is 5.82 Å². The summed E-state index contributed by atoms with van der Waals surface area (Å²) in [5.74, 6) is 0.814. The first-order valence-electron chi connectivity index (χ1n) is 7.72. The van der Waals surface area contributed by atoms with E-state index in [1.54, 1.807) is 0 Å². The van der Waals surface area contributed by atoms with Gasteiger partial charge in [-0.3, -0.25) is 0 Å². The Bertz CT molecular complexity index is 921. The van der Waals surface area contributed by atoms with Crippen molar-refractivity contribution in [2.75, 3.05) is 0 Å². The highest BCUT2D eigenvalue weighted by Gasteiger charge is 2.14. The number of H-pyrrole nitrogens is 2. The van der Waals surface area contributed by atoms with E-state index in [1.165, 1.54) is 10.9 Å². The van der Waals surface area contributed by atoms with Gasteiger partial charge in [-0.1, -0.05) is 48.5 Å². The minimum absolute atomic E-state index is 0.160. The Morgan fingerprint density at radius 1 is 0.913 bits per heavy atom. The number of nitrogens with zero attached hydrogens (tertiary/aromatic N) is 1. The van der Waals surface area contributed by atoms with Crippen LogP contribution in [0, 0.1) is 0 Å². The zero-order chi connectivity index (χ0) is 15.6. The van der Waals surface area contributed by atoms with Crippen LogP contribution in [-0.4, -0.2) is 15.0 Å². The maximum Gasteiger partial charge on any atom is 0.124 e. The van der Waals surface area contributed by atoms with Crippen LogP contribution in [0.4, 0.5) is 0 Å². The van der Waals surface area contributed by atoms with E-state index in [2.05, 4.69) is 27.1 Å². The molecule has 0 saturated heterocycles. The summed E-state index contributed by atoms with van der Waals surface area (Å²) in [6.45, 7) is 0. The first-order chi connectivity index (χ1) is 11.3. The van der Waals surface area contributed by atoms with Crippen molar-refractivity contribution in [1.82, 2.24) is 15.0 Å². The lowest BCUT2D eigenvalue weighted by atomic mass is 10.1. The maximum atomic E-state index is 6.36. The van der Waals surface area contributed by atoms with Gasteiger partial charge in [0.05, 0.1) is 11.7 Å². The maximum absolute atomic E-state index is 6.36. The normalized spacial score (nSPS) is 12.6. The highest BCUT2D eigenvalue weighted by molar-refractivity contribution is 5.83. The van der Waals surface area contributed by atoms with Crippen LogP contribution >= 0.6 is 0 Å². The van der Waals surface area contributed by atoms with Crippen molar-refractivity contribution < 1.29 is 0 Å². The van der Waals surface area contributed by atoms with Crippen molar-refractivity contribution in [3.05, 3.63) is 78.4 Å². The topological polar surface area (TPSA) is 70.5 Å². The fourth-order valence-electron chi connectivity index (χ4n) is 2.92. The smallest absolute Gasteiger partial charge is 0.124 e. The standard InChI is InChI=1S/C19H18N4/c20-16(10-14-11-21-17-9-5-4-8-15(14)17)19-22-12-18(23-19)13-6-2-1-3-7-13/h1-9,11-12,16,21H,10,20H2,(H,22,23). The molecule has 23 heavy (non-hydrogen) atoms. The molecule has 0 aliphatic rings. The van der Waals surface area contributed by atoms with Crippen molar-refractivity contribution in [2.45, 2.75) is 12.5 Å². The summed E-state index contributed by atoms with van der Waals surface area (Å²) in [4.78, 5) is 11.2. The van der Waals surface area contributed by atoms with Gasteiger partial charge < -0.3 is 15.7 Å². The summed E-state index contributed by atoms with van der Waals surface area (Å²) in [5.41, 5.74) is 10.7. The summed E-state index contributed by atoms with van der Waals surface area (Å²) < 4.78 is 0. The molecular weight excluding hydrogens is 284 g/mol. The molecule has 0 saturated carbocycles. The number of fused-ring (bicyclic) bond motifs is 1. The van der Waals surface area contributed by atoms with Crippen LogP contribution in [0.5, 0.6) is 0 Å². The summed E-state index contributed by atoms with van der Waals surface area (Å²) in [5, 5.41) is 1.22. The van der Waals surface area contributed by atoms with Crippen LogP contribution in [0.3, 0.4) is 0 Å². The van der Waals surface area contributed by atoms with Gasteiger partial charge in [0, 0.05) is 28.9 Å². The van der Waals surface area contributed by atoms with Crippen LogP contribution in [0.1, 0.15) is 17.4 Å². The zero-order valence-corrected chi connectivity index (χ0v) is 12.7. The fraction of sp³-hybridized carbons (Fsp3) is 0.105. The highest BCUT2D eigenvalue weighted by atomic mass is 15.0. The third-order valence-electron chi connectivity index (χ3n) is 4.13. The van der Waals surface area contributed by atoms with Crippen LogP contribution < -0.4 is 5.73 Å². The molecule has 0 fully saturated rings. The van der Waals surface area contributed by atoms with Crippen LogP contribution in [0.2, 0.25) is 0 Å². The quantitative estimate of drug-likeness (QED) is 0.536. The Labute approximate surface area is 134 Å². The SMILES string of the molecule is NC(Cc1c[nH]c2ccccc12)c1nc(-c2ccccc2)c[nH]1. The Balaban J connectivity index is 1.58. The van der Waals surface area contributed by atoms with E-state index in [4.69, 9.17) is 5.73 Å². The summed E-state index contributed by atoms with van der Waals surface area (Å²) in [6.07, 6.45) is 4.69. The van der Waals surface area contributed by atoms with E-state index in [-0.39, 0.29) is 6.04 Å². The van der Waals surface area contributed by atoms with E-state index < -0.39 is 0 Å². The van der Waals surface area contributed by atoms with Crippen LogP contribution in [-0.2, 0) is 6.42 Å². The molecule has 114 valence electrons. The predicted molar refractivity (Wildman–Crippen MR) is 93.0 cm³/mol. The summed E-state index contributed by atoms with van der Waals surface area (Å²) in [7, 11) is 0. The van der Waals surface area contributed by atoms with Gasteiger partial charge in [-0.25, -0.2) is 4.98 Å². The molecule has 0 spiro atoms. The van der Waals surface area contributed by atoms with Gasteiger partial charge in [0.2, 0.25) is 0 Å². The Kier molecular flexibility index (Phi) is 3.44. The number of hydrogen-bond acceptors (Lipinski definition) is 2. The van der Waals surface area contributed by atoms with E-state index in [9.17, 15) is 0 Å². The van der Waals surface area contributed by atoms with E-state index in [0.29, 0.717) is 0 Å². The molecule has 2 aromatic carbocycles. The monoisotopic (exact) mass is 302 g/mol. The molecule has 0 aliphatic heterocycles. The Hall–Kier alpha value is -2.85. The number of imidazole rings is 1. The molecule has 4 heteroatoms. The van der Waals surface area contributed by atoms with E-state index >= 15 is 0 Å². The van der Waals surface area contributed by atoms with Crippen molar-refractivity contribution >= 4 is 10.9 Å². The fourth-order valence-corrected chi connectivity index (χ4v) is 2.92. The van der Waals surface area contributed by atoms with Gasteiger partial charge in [-0.05, 0) is 18.1 Å². The van der Waals surface area contributed by atoms with Gasteiger partial charge in [0.25, 0.3) is 0 Å². The second kappa shape index (κ2) is 5.74. The average molecular weight is 302 g/mol. The largest absolute Gasteiger partial charge is 0.361 e. The zero-order valence-electron chi connectivity index (χ0n) is 12.7. The number of rotatable bonds is 4. The molecule has 1 unspecified atom stereocenters. The number of para-hydroxylation sites is 1. The van der Waals surface area contributed by atoms with Gasteiger partial charge in [0.15, 0.2) is 0 Å². The first-order valence-corrected chi connectivity index (χ1v) is 7.72. The number of benzene rings is 2. The number of nitrogens with one attached hydrogen (secondary N) is 2. The number of aromatic amines is 2. The molecule has 1 atom stereocenters. The summed E-state index contributed by atoms with van der Waals surface area (Å²) in [6, 6.07) is 18.2. The van der Waals surface area contributed by atoms with Gasteiger partial charge >= 0.3 is 0 Å². The van der Waals surface area contributed by atoms with Gasteiger partial charge in [-0.2, -0.15) is 0 Å². The van der Waals surface area contributed by atoms with Crippen molar-refractivity contribution in [1.29, 1.82) is 0 Å². The minimum atomic E-state index is -0.160. The predicted octanol–water partition coefficient (Wildman–Crippen LogP) is 3.80. The number of hydrogen-bond donors (Lipinski definition) is 3. The Morgan fingerprint density at radius 3 is 2.57 bits per heavy atom. The Morgan fingerprint density at radius 2 is 1.70 bits per heavy atom. The number of nitrogens with two attached hydrogens (primary N) is 1. The molecule has 2 heterocycles. The lowest BCUT2D eigenvalue weighted by Crippen LogP contribution is -2.14. The van der Waals surface area contributed by atoms with Crippen molar-refractivity contribution in [3.63, 3.8) is 0 Å². The van der Waals surface area contributed by atoms with Crippen molar-refractivity contribution in [3.8, 4) is 11.3 Å². The molecule has 0 bridgehead atoms. The van der Waals surface area contributed by atoms with Crippen molar-refractivity contribution in [2.24, 2.45) is 5.73 Å². The molecule has 4 rings (SSSR count). The van der Waals surface area contributed by atoms with E-state index in [1.807, 2.05) is 54.9 Å². The van der Waals surface area contributed by atoms with Crippen LogP contribution in [0.25, 0.3) is 22.2 Å². The third kappa shape index (κ3) is 2.64. The molecule has 0 radical (unpaired) electrons. The second-order valence-corrected chi connectivity index (χ2v) is 5.71. The van der Waals surface area contributed by atoms with E-state index in [0.717, 1.165) is 29.0 Å². The number of aromatic nitrogens is 3. The molecule has 4 aromatic rings. The molecule has 0 amide bonds. The molecular formula is C19H18N4. The summed E-state index contributed by atoms with van der Waals surface area (Å²) >= 11 is 0. The molecule has 4 nitrogen and oxygen atoms in total. The molecule has 4 N–H and O–H groups in total. The molecule has 0 aliphatic carbocycles. The second-order valence-electron chi connectivity index (χ2n) is 5.71. The lowest BCUT2D eigenvalue weighted by molar-refractivity contribution is 0.680. The van der Waals surface area contributed by atoms with Crippen LogP contribution in [0.15, 0.2) is 67.0 Å².